The molecular formula is C29H32N6O5. The van der Waals surface area contributed by atoms with Gasteiger partial charge in [-0.2, -0.15) is 5.10 Å². The quantitative estimate of drug-likeness (QED) is 0.499. The number of carbonyl (C=O) groups is 4. The standard InChI is InChI=1S/C29H32N6O5/c1-29(2,3)40-28(39)33-11-9-19(10-12-33)34-16-17(14-31-34)13-18-15-30-25-24-20(18)5-4-6-21(24)27(38)35(25)22-7-8-23(36)32-26(22)37/h4-6,14-16,19,22H,7-13H2,1-3H3,(H,32,36,37). The number of benzene rings is 1. The van der Waals surface area contributed by atoms with Crippen LogP contribution >= 0.6 is 0 Å². The number of rotatable bonds is 4. The molecule has 4 amide bonds. The van der Waals surface area contributed by atoms with Crippen LogP contribution in [-0.4, -0.2) is 68.2 Å². The fourth-order valence-electron chi connectivity index (χ4n) is 5.81. The Morgan fingerprint density at radius 3 is 2.60 bits per heavy atom. The number of pyridine rings is 1. The molecule has 2 saturated heterocycles. The third kappa shape index (κ3) is 4.69. The minimum Gasteiger partial charge on any atom is -0.444 e. The molecule has 0 saturated carbocycles. The van der Waals surface area contributed by atoms with Gasteiger partial charge in [-0.1, -0.05) is 12.1 Å². The van der Waals surface area contributed by atoms with Crippen LogP contribution in [0.4, 0.5) is 10.6 Å². The van der Waals surface area contributed by atoms with Gasteiger partial charge in [-0.3, -0.25) is 29.3 Å². The molecule has 11 heteroatoms. The summed E-state index contributed by atoms with van der Waals surface area (Å²) in [6.45, 7) is 6.84. The molecule has 11 nitrogen and oxygen atoms in total. The first-order valence-electron chi connectivity index (χ1n) is 13.7. The van der Waals surface area contributed by atoms with Gasteiger partial charge in [0, 0.05) is 43.7 Å². The fraction of sp³-hybridized carbons (Fsp3) is 0.448. The molecule has 0 radical (unpaired) electrons. The lowest BCUT2D eigenvalue weighted by Gasteiger charge is -2.33. The monoisotopic (exact) mass is 544 g/mol. The zero-order valence-electron chi connectivity index (χ0n) is 22.8. The number of amides is 4. The number of nitrogens with one attached hydrogen (secondary N) is 1. The first-order valence-corrected chi connectivity index (χ1v) is 13.7. The normalized spacial score (nSPS) is 19.9. The molecule has 3 aromatic rings. The van der Waals surface area contributed by atoms with Gasteiger partial charge in [0.1, 0.15) is 17.5 Å². The Kier molecular flexibility index (Phi) is 6.31. The van der Waals surface area contributed by atoms with Crippen LogP contribution in [0, 0.1) is 0 Å². The zero-order chi connectivity index (χ0) is 28.2. The van der Waals surface area contributed by atoms with E-state index in [4.69, 9.17) is 4.74 Å². The van der Waals surface area contributed by atoms with E-state index in [0.717, 1.165) is 34.7 Å². The van der Waals surface area contributed by atoms with E-state index in [0.29, 0.717) is 30.9 Å². The summed E-state index contributed by atoms with van der Waals surface area (Å²) in [6.07, 6.45) is 7.99. The molecule has 2 aromatic heterocycles. The smallest absolute Gasteiger partial charge is 0.410 e. The van der Waals surface area contributed by atoms with Crippen molar-refractivity contribution in [3.8, 4) is 0 Å². The summed E-state index contributed by atoms with van der Waals surface area (Å²) in [5, 5.41) is 8.60. The van der Waals surface area contributed by atoms with E-state index < -0.39 is 17.6 Å². The molecule has 2 fully saturated rings. The predicted octanol–water partition coefficient (Wildman–Crippen LogP) is 3.36. The highest BCUT2D eigenvalue weighted by atomic mass is 16.6. The Balaban J connectivity index is 1.19. The van der Waals surface area contributed by atoms with E-state index in [1.165, 1.54) is 4.90 Å². The maximum absolute atomic E-state index is 13.4. The number of piperidine rings is 2. The van der Waals surface area contributed by atoms with Crippen LogP contribution in [0.3, 0.4) is 0 Å². The lowest BCUT2D eigenvalue weighted by atomic mass is 10.00. The maximum Gasteiger partial charge on any atom is 0.410 e. The summed E-state index contributed by atoms with van der Waals surface area (Å²) in [5.74, 6) is -0.611. The Morgan fingerprint density at radius 1 is 1.10 bits per heavy atom. The number of carbonyl (C=O) groups excluding carboxylic acids is 4. The van der Waals surface area contributed by atoms with Crippen molar-refractivity contribution >= 4 is 40.4 Å². The number of ether oxygens (including phenoxy) is 1. The number of hydrogen-bond acceptors (Lipinski definition) is 7. The number of hydrogen-bond donors (Lipinski definition) is 1. The van der Waals surface area contributed by atoms with Gasteiger partial charge in [-0.25, -0.2) is 9.78 Å². The topological polar surface area (TPSA) is 127 Å². The first-order chi connectivity index (χ1) is 19.1. The summed E-state index contributed by atoms with van der Waals surface area (Å²) in [7, 11) is 0. The molecule has 1 unspecified atom stereocenters. The van der Waals surface area contributed by atoms with Crippen molar-refractivity contribution in [3.05, 3.63) is 53.5 Å². The van der Waals surface area contributed by atoms with Gasteiger partial charge in [0.05, 0.1) is 17.8 Å². The molecule has 0 aliphatic carbocycles. The minimum atomic E-state index is -0.765. The molecule has 1 atom stereocenters. The van der Waals surface area contributed by atoms with Gasteiger partial charge in [0.25, 0.3) is 5.91 Å². The third-order valence-electron chi connectivity index (χ3n) is 7.72. The van der Waals surface area contributed by atoms with Crippen LogP contribution in [0.15, 0.2) is 36.8 Å². The van der Waals surface area contributed by atoms with E-state index in [1.54, 1.807) is 17.2 Å². The minimum absolute atomic E-state index is 0.182. The van der Waals surface area contributed by atoms with Gasteiger partial charge in [-0.15, -0.1) is 0 Å². The van der Waals surface area contributed by atoms with Crippen molar-refractivity contribution in [1.82, 2.24) is 25.0 Å². The van der Waals surface area contributed by atoms with Crippen LogP contribution in [0.1, 0.15) is 74.0 Å². The molecule has 1 aromatic carbocycles. The van der Waals surface area contributed by atoms with Crippen molar-refractivity contribution in [2.24, 2.45) is 0 Å². The van der Waals surface area contributed by atoms with E-state index in [9.17, 15) is 19.2 Å². The number of imide groups is 1. The highest BCUT2D eigenvalue weighted by Gasteiger charge is 2.41. The van der Waals surface area contributed by atoms with Crippen molar-refractivity contribution in [1.29, 1.82) is 0 Å². The maximum atomic E-state index is 13.4. The number of likely N-dealkylation sites (tertiary alicyclic amines) is 1. The van der Waals surface area contributed by atoms with E-state index >= 15 is 0 Å². The number of anilines is 1. The van der Waals surface area contributed by atoms with Crippen molar-refractivity contribution in [3.63, 3.8) is 0 Å². The lowest BCUT2D eigenvalue weighted by molar-refractivity contribution is -0.134. The summed E-state index contributed by atoms with van der Waals surface area (Å²) >= 11 is 0. The van der Waals surface area contributed by atoms with Gasteiger partial charge >= 0.3 is 6.09 Å². The van der Waals surface area contributed by atoms with E-state index in [1.807, 2.05) is 50.0 Å². The lowest BCUT2D eigenvalue weighted by Crippen LogP contribution is -2.53. The van der Waals surface area contributed by atoms with Gasteiger partial charge < -0.3 is 9.64 Å². The van der Waals surface area contributed by atoms with Gasteiger partial charge in [0.15, 0.2) is 0 Å². The summed E-state index contributed by atoms with van der Waals surface area (Å²) in [5.41, 5.74) is 1.97. The average Bonchev–Trinajstić information content (AvgIpc) is 3.49. The van der Waals surface area contributed by atoms with Crippen molar-refractivity contribution in [2.75, 3.05) is 18.0 Å². The average molecular weight is 545 g/mol. The van der Waals surface area contributed by atoms with Crippen LogP contribution in [0.25, 0.3) is 10.8 Å². The van der Waals surface area contributed by atoms with Crippen molar-refractivity contribution < 1.29 is 23.9 Å². The second-order valence-corrected chi connectivity index (χ2v) is 11.7. The number of nitrogens with zero attached hydrogens (tertiary/aromatic N) is 5. The predicted molar refractivity (Wildman–Crippen MR) is 146 cm³/mol. The summed E-state index contributed by atoms with van der Waals surface area (Å²) < 4.78 is 7.48. The van der Waals surface area contributed by atoms with Gasteiger partial charge in [-0.05, 0) is 62.6 Å². The molecule has 1 N–H and O–H groups in total. The Labute approximate surface area is 231 Å². The first kappa shape index (κ1) is 26.0. The fourth-order valence-corrected chi connectivity index (χ4v) is 5.81. The highest BCUT2D eigenvalue weighted by Crippen LogP contribution is 2.39. The molecule has 208 valence electrons. The van der Waals surface area contributed by atoms with Crippen LogP contribution in [0.2, 0.25) is 0 Å². The SMILES string of the molecule is CC(C)(C)OC(=O)N1CCC(n2cc(Cc3cnc4c5c(cccc35)C(=O)N4C3CCC(=O)NC3=O)cn2)CC1. The molecule has 40 heavy (non-hydrogen) atoms. The molecule has 5 heterocycles. The zero-order valence-corrected chi connectivity index (χ0v) is 22.8. The summed E-state index contributed by atoms with van der Waals surface area (Å²) in [4.78, 5) is 57.8. The van der Waals surface area contributed by atoms with Crippen LogP contribution < -0.4 is 10.2 Å². The molecule has 3 aliphatic heterocycles. The summed E-state index contributed by atoms with van der Waals surface area (Å²) in [6, 6.07) is 5.00. The Morgan fingerprint density at radius 2 is 1.88 bits per heavy atom. The second kappa shape index (κ2) is 9.72. The Bertz CT molecular complexity index is 1530. The van der Waals surface area contributed by atoms with Gasteiger partial charge in [0.2, 0.25) is 11.8 Å². The van der Waals surface area contributed by atoms with E-state index in [2.05, 4.69) is 15.4 Å². The molecule has 0 bridgehead atoms. The van der Waals surface area contributed by atoms with Crippen molar-refractivity contribution in [2.45, 2.75) is 70.6 Å². The largest absolute Gasteiger partial charge is 0.444 e. The highest BCUT2D eigenvalue weighted by molar-refractivity contribution is 6.26. The van der Waals surface area contributed by atoms with E-state index in [-0.39, 0.29) is 36.8 Å². The Hall–Kier alpha value is -4.28. The number of aromatic nitrogens is 3. The molecule has 3 aliphatic rings. The van der Waals surface area contributed by atoms with Crippen LogP contribution in [-0.2, 0) is 20.7 Å². The van der Waals surface area contributed by atoms with Crippen LogP contribution in [0.5, 0.6) is 0 Å². The third-order valence-corrected chi connectivity index (χ3v) is 7.72. The molecule has 6 rings (SSSR count). The molecular weight excluding hydrogens is 512 g/mol. The second-order valence-electron chi connectivity index (χ2n) is 11.7. The molecule has 0 spiro atoms.